The van der Waals surface area contributed by atoms with Gasteiger partial charge in [-0.1, -0.05) is 48.5 Å². The molecule has 6 nitrogen and oxygen atoms in total. The molecule has 0 saturated carbocycles. The third kappa shape index (κ3) is 5.44. The molecule has 0 fully saturated rings. The van der Waals surface area contributed by atoms with Crippen LogP contribution in [0.1, 0.15) is 43.1 Å². The number of amides is 2. The molecule has 1 N–H and O–H groups in total. The van der Waals surface area contributed by atoms with Crippen molar-refractivity contribution in [3.8, 4) is 0 Å². The quantitative estimate of drug-likeness (QED) is 0.390. The number of benzene rings is 2. The smallest absolute Gasteiger partial charge is 0.292 e. The molecular weight excluding hydrogens is 402 g/mol. The highest BCUT2D eigenvalue weighted by atomic mass is 16.2. The Balaban J connectivity index is 1.73. The molecule has 1 heterocycles. The Morgan fingerprint density at radius 1 is 0.969 bits per heavy atom. The average molecular weight is 434 g/mol. The number of rotatable bonds is 10. The SMILES string of the molecule is CCN(CC)C(=O)Cn1cc(C(=O)C(=O)NC(C)CCc2ccccc2)c2ccccc21. The van der Waals surface area contributed by atoms with Gasteiger partial charge in [-0.3, -0.25) is 14.4 Å². The fourth-order valence-corrected chi connectivity index (χ4v) is 3.89. The molecule has 0 saturated heterocycles. The van der Waals surface area contributed by atoms with E-state index < -0.39 is 11.7 Å². The number of ketones is 1. The summed E-state index contributed by atoms with van der Waals surface area (Å²) in [6, 6.07) is 17.3. The lowest BCUT2D eigenvalue weighted by Gasteiger charge is -2.19. The number of aryl methyl sites for hydroxylation is 1. The molecule has 3 aromatic rings. The van der Waals surface area contributed by atoms with Crippen molar-refractivity contribution >= 4 is 28.5 Å². The zero-order valence-corrected chi connectivity index (χ0v) is 19.0. The van der Waals surface area contributed by atoms with Crippen molar-refractivity contribution in [2.24, 2.45) is 0 Å². The van der Waals surface area contributed by atoms with Crippen LogP contribution in [0.25, 0.3) is 10.9 Å². The Morgan fingerprint density at radius 3 is 2.31 bits per heavy atom. The van der Waals surface area contributed by atoms with Crippen molar-refractivity contribution in [3.63, 3.8) is 0 Å². The molecule has 0 aliphatic heterocycles. The fraction of sp³-hybridized carbons (Fsp3) is 0.346. The van der Waals surface area contributed by atoms with Gasteiger partial charge in [0.25, 0.3) is 11.7 Å². The Kier molecular flexibility index (Phi) is 7.82. The molecule has 32 heavy (non-hydrogen) atoms. The highest BCUT2D eigenvalue weighted by Crippen LogP contribution is 2.22. The summed E-state index contributed by atoms with van der Waals surface area (Å²) in [4.78, 5) is 40.0. The zero-order valence-electron chi connectivity index (χ0n) is 19.0. The van der Waals surface area contributed by atoms with Crippen molar-refractivity contribution in [2.75, 3.05) is 13.1 Å². The Bertz CT molecular complexity index is 1080. The van der Waals surface area contributed by atoms with Gasteiger partial charge in [0.1, 0.15) is 6.54 Å². The zero-order chi connectivity index (χ0) is 23.1. The molecule has 1 aromatic heterocycles. The van der Waals surface area contributed by atoms with Crippen LogP contribution in [0.4, 0.5) is 0 Å². The van der Waals surface area contributed by atoms with Crippen LogP contribution >= 0.6 is 0 Å². The van der Waals surface area contributed by atoms with Gasteiger partial charge in [0, 0.05) is 36.2 Å². The van der Waals surface area contributed by atoms with Crippen LogP contribution in [0.2, 0.25) is 0 Å². The summed E-state index contributed by atoms with van der Waals surface area (Å²) in [5.41, 5.74) is 2.28. The van der Waals surface area contributed by atoms with E-state index >= 15 is 0 Å². The standard InChI is InChI=1S/C26H31N3O3/c1-4-28(5-2)24(30)18-29-17-22(21-13-9-10-14-23(21)29)25(31)26(32)27-19(3)15-16-20-11-7-6-8-12-20/h6-14,17,19H,4-5,15-16,18H2,1-3H3,(H,27,32). The Hall–Kier alpha value is -3.41. The van der Waals surface area contributed by atoms with E-state index in [-0.39, 0.29) is 18.5 Å². The summed E-state index contributed by atoms with van der Waals surface area (Å²) in [5.74, 6) is -1.22. The predicted octanol–water partition coefficient (Wildman–Crippen LogP) is 3.83. The number of para-hydroxylation sites is 1. The fourth-order valence-electron chi connectivity index (χ4n) is 3.89. The molecule has 2 amide bonds. The van der Waals surface area contributed by atoms with E-state index in [9.17, 15) is 14.4 Å². The van der Waals surface area contributed by atoms with Gasteiger partial charge >= 0.3 is 0 Å². The van der Waals surface area contributed by atoms with E-state index in [1.54, 1.807) is 15.7 Å². The number of nitrogens with one attached hydrogen (secondary N) is 1. The van der Waals surface area contributed by atoms with E-state index in [1.165, 1.54) is 5.56 Å². The molecule has 0 aliphatic rings. The third-order valence-electron chi connectivity index (χ3n) is 5.75. The van der Waals surface area contributed by atoms with Gasteiger partial charge < -0.3 is 14.8 Å². The number of fused-ring (bicyclic) bond motifs is 1. The van der Waals surface area contributed by atoms with Gasteiger partial charge in [0.15, 0.2) is 0 Å². The van der Waals surface area contributed by atoms with Gasteiger partial charge in [-0.2, -0.15) is 0 Å². The van der Waals surface area contributed by atoms with Gasteiger partial charge in [0.05, 0.1) is 5.56 Å². The number of likely N-dealkylation sites (N-methyl/N-ethyl adjacent to an activating group) is 1. The first-order valence-electron chi connectivity index (χ1n) is 11.2. The number of hydrogen-bond acceptors (Lipinski definition) is 3. The largest absolute Gasteiger partial charge is 0.347 e. The second-order valence-corrected chi connectivity index (χ2v) is 7.98. The summed E-state index contributed by atoms with van der Waals surface area (Å²) >= 11 is 0. The summed E-state index contributed by atoms with van der Waals surface area (Å²) in [5, 5.41) is 3.50. The molecule has 2 aromatic carbocycles. The lowest BCUT2D eigenvalue weighted by atomic mass is 10.1. The summed E-state index contributed by atoms with van der Waals surface area (Å²) in [7, 11) is 0. The highest BCUT2D eigenvalue weighted by Gasteiger charge is 2.23. The molecular formula is C26H31N3O3. The van der Waals surface area contributed by atoms with Gasteiger partial charge in [-0.25, -0.2) is 0 Å². The minimum atomic E-state index is -0.622. The van der Waals surface area contributed by atoms with Crippen LogP contribution in [0.3, 0.4) is 0 Å². The second-order valence-electron chi connectivity index (χ2n) is 7.98. The minimum Gasteiger partial charge on any atom is -0.347 e. The van der Waals surface area contributed by atoms with Crippen molar-refractivity contribution in [2.45, 2.75) is 46.2 Å². The van der Waals surface area contributed by atoms with Crippen molar-refractivity contribution < 1.29 is 14.4 Å². The van der Waals surface area contributed by atoms with Crippen molar-refractivity contribution in [3.05, 3.63) is 71.9 Å². The normalized spacial score (nSPS) is 11.8. The van der Waals surface area contributed by atoms with E-state index in [0.717, 1.165) is 18.4 Å². The van der Waals surface area contributed by atoms with E-state index in [0.29, 0.717) is 24.0 Å². The van der Waals surface area contributed by atoms with Crippen LogP contribution in [0.5, 0.6) is 0 Å². The molecule has 1 atom stereocenters. The third-order valence-corrected chi connectivity index (χ3v) is 5.75. The lowest BCUT2D eigenvalue weighted by molar-refractivity contribution is -0.131. The number of carbonyl (C=O) groups excluding carboxylic acids is 3. The first kappa shape index (κ1) is 23.3. The van der Waals surface area contributed by atoms with E-state index in [1.807, 2.05) is 75.4 Å². The van der Waals surface area contributed by atoms with Crippen LogP contribution in [0.15, 0.2) is 60.8 Å². The Morgan fingerprint density at radius 2 is 1.62 bits per heavy atom. The molecule has 0 radical (unpaired) electrons. The number of hydrogen-bond donors (Lipinski definition) is 1. The Labute approximate surface area is 189 Å². The average Bonchev–Trinajstić information content (AvgIpc) is 3.17. The van der Waals surface area contributed by atoms with Crippen LogP contribution in [-0.2, 0) is 22.6 Å². The maximum absolute atomic E-state index is 13.0. The van der Waals surface area contributed by atoms with Crippen molar-refractivity contribution in [1.82, 2.24) is 14.8 Å². The number of nitrogens with zero attached hydrogens (tertiary/aromatic N) is 2. The predicted molar refractivity (Wildman–Crippen MR) is 127 cm³/mol. The summed E-state index contributed by atoms with van der Waals surface area (Å²) in [6.45, 7) is 7.17. The molecule has 1 unspecified atom stereocenters. The van der Waals surface area contributed by atoms with E-state index in [4.69, 9.17) is 0 Å². The molecule has 6 heteroatoms. The highest BCUT2D eigenvalue weighted by molar-refractivity contribution is 6.45. The van der Waals surface area contributed by atoms with Gasteiger partial charge in [0.2, 0.25) is 5.91 Å². The summed E-state index contributed by atoms with van der Waals surface area (Å²) < 4.78 is 1.76. The van der Waals surface area contributed by atoms with E-state index in [2.05, 4.69) is 5.32 Å². The first-order valence-corrected chi connectivity index (χ1v) is 11.2. The maximum atomic E-state index is 13.0. The maximum Gasteiger partial charge on any atom is 0.292 e. The molecule has 3 rings (SSSR count). The minimum absolute atomic E-state index is 0.0197. The number of carbonyl (C=O) groups is 3. The lowest BCUT2D eigenvalue weighted by Crippen LogP contribution is -2.37. The first-order chi connectivity index (χ1) is 15.4. The molecule has 168 valence electrons. The second kappa shape index (κ2) is 10.8. The molecule has 0 aliphatic carbocycles. The molecule has 0 bridgehead atoms. The van der Waals surface area contributed by atoms with Gasteiger partial charge in [-0.05, 0) is 45.2 Å². The van der Waals surface area contributed by atoms with Crippen LogP contribution < -0.4 is 5.32 Å². The van der Waals surface area contributed by atoms with Crippen LogP contribution in [0, 0.1) is 0 Å². The number of aromatic nitrogens is 1. The van der Waals surface area contributed by atoms with Crippen molar-refractivity contribution in [1.29, 1.82) is 0 Å². The summed E-state index contributed by atoms with van der Waals surface area (Å²) in [6.07, 6.45) is 3.19. The van der Waals surface area contributed by atoms with Crippen LogP contribution in [-0.4, -0.2) is 46.2 Å². The molecule has 0 spiro atoms. The monoisotopic (exact) mass is 433 g/mol. The van der Waals surface area contributed by atoms with Gasteiger partial charge in [-0.15, -0.1) is 0 Å². The number of Topliss-reactive ketones (excluding diaryl/α,β-unsaturated/α-hetero) is 1. The topological polar surface area (TPSA) is 71.4 Å².